The van der Waals surface area contributed by atoms with Crippen molar-refractivity contribution in [1.29, 1.82) is 0 Å². The molecule has 1 aromatic rings. The van der Waals surface area contributed by atoms with Crippen molar-refractivity contribution in [1.82, 2.24) is 10.6 Å². The van der Waals surface area contributed by atoms with Crippen LogP contribution >= 0.6 is 24.0 Å². The van der Waals surface area contributed by atoms with Gasteiger partial charge in [-0.25, -0.2) is 13.2 Å². The number of halogens is 5. The zero-order chi connectivity index (χ0) is 14.8. The highest BCUT2D eigenvalue weighted by atomic mass is 35.5. The summed E-state index contributed by atoms with van der Waals surface area (Å²) in [5.41, 5.74) is 0.693. The van der Waals surface area contributed by atoms with E-state index in [2.05, 4.69) is 10.6 Å². The Labute approximate surface area is 131 Å². The lowest BCUT2D eigenvalue weighted by Crippen LogP contribution is -2.41. The third-order valence-electron chi connectivity index (χ3n) is 3.14. The molecule has 1 amide bonds. The molecule has 0 radical (unpaired) electrons. The van der Waals surface area contributed by atoms with E-state index in [1.54, 1.807) is 0 Å². The maximum Gasteiger partial charge on any atom is 0.262 e. The summed E-state index contributed by atoms with van der Waals surface area (Å²) in [4.78, 5) is 11.7. The van der Waals surface area contributed by atoms with Gasteiger partial charge in [0.1, 0.15) is 5.82 Å². The maximum atomic E-state index is 12.9. The van der Waals surface area contributed by atoms with Crippen molar-refractivity contribution in [2.24, 2.45) is 0 Å². The van der Waals surface area contributed by atoms with Gasteiger partial charge in [0.05, 0.1) is 12.6 Å². The Bertz CT molecular complexity index is 514. The molecule has 1 aliphatic rings. The van der Waals surface area contributed by atoms with E-state index in [1.807, 2.05) is 0 Å². The molecule has 1 heterocycles. The number of hydrogen-bond acceptors (Lipinski definition) is 2. The van der Waals surface area contributed by atoms with Gasteiger partial charge in [-0.15, -0.1) is 12.4 Å². The Morgan fingerprint density at radius 3 is 2.76 bits per heavy atom. The van der Waals surface area contributed by atoms with Gasteiger partial charge in [0.15, 0.2) is 0 Å². The van der Waals surface area contributed by atoms with Gasteiger partial charge >= 0.3 is 0 Å². The summed E-state index contributed by atoms with van der Waals surface area (Å²) in [6.07, 6.45) is -0.0793. The molecule has 0 spiro atoms. The number of benzene rings is 1. The molecule has 0 saturated carbocycles. The Hall–Kier alpha value is -0.980. The van der Waals surface area contributed by atoms with E-state index in [0.29, 0.717) is 12.0 Å². The first kappa shape index (κ1) is 18.1. The van der Waals surface area contributed by atoms with Crippen molar-refractivity contribution in [2.45, 2.75) is 24.8 Å². The zero-order valence-corrected chi connectivity index (χ0v) is 12.5. The van der Waals surface area contributed by atoms with Gasteiger partial charge in [0.2, 0.25) is 5.91 Å². The molecule has 21 heavy (non-hydrogen) atoms. The van der Waals surface area contributed by atoms with Gasteiger partial charge in [0, 0.05) is 18.0 Å². The molecule has 0 aromatic heterocycles. The molecule has 118 valence electrons. The minimum absolute atomic E-state index is 0. The molecule has 2 N–H and O–H groups in total. The topological polar surface area (TPSA) is 41.1 Å². The first-order valence-corrected chi connectivity index (χ1v) is 6.58. The van der Waals surface area contributed by atoms with Crippen LogP contribution in [-0.4, -0.2) is 31.0 Å². The van der Waals surface area contributed by atoms with Crippen molar-refractivity contribution in [3.05, 3.63) is 34.6 Å². The molecule has 1 unspecified atom stereocenters. The highest BCUT2D eigenvalue weighted by Crippen LogP contribution is 2.25. The van der Waals surface area contributed by atoms with E-state index in [-0.39, 0.29) is 24.0 Å². The second-order valence-corrected chi connectivity index (χ2v) is 5.18. The van der Waals surface area contributed by atoms with Crippen LogP contribution in [0.5, 0.6) is 0 Å². The third kappa shape index (κ3) is 5.05. The molecule has 1 fully saturated rings. The average Bonchev–Trinajstić information content (AvgIpc) is 2.72. The molecule has 0 bridgehead atoms. The smallest absolute Gasteiger partial charge is 0.262 e. The highest BCUT2D eigenvalue weighted by molar-refractivity contribution is 6.31. The average molecular weight is 343 g/mol. The summed E-state index contributed by atoms with van der Waals surface area (Å²) >= 11 is 5.85. The van der Waals surface area contributed by atoms with Crippen molar-refractivity contribution in [3.63, 3.8) is 0 Å². The Balaban J connectivity index is 0.00000220. The van der Waals surface area contributed by atoms with Gasteiger partial charge in [0.25, 0.3) is 5.92 Å². The maximum absolute atomic E-state index is 12.9. The molecule has 0 aliphatic carbocycles. The number of carbonyl (C=O) groups is 1. The van der Waals surface area contributed by atoms with Crippen molar-refractivity contribution < 1.29 is 18.0 Å². The van der Waals surface area contributed by atoms with Crippen molar-refractivity contribution >= 4 is 29.9 Å². The van der Waals surface area contributed by atoms with Crippen LogP contribution in [0.2, 0.25) is 5.02 Å². The number of nitrogens with one attached hydrogen (secondary N) is 2. The summed E-state index contributed by atoms with van der Waals surface area (Å²) in [6.45, 7) is -0.219. The van der Waals surface area contributed by atoms with Gasteiger partial charge in [-0.3, -0.25) is 10.1 Å². The first-order chi connectivity index (χ1) is 9.37. The van der Waals surface area contributed by atoms with E-state index in [4.69, 9.17) is 11.6 Å². The number of hydrogen-bond donors (Lipinski definition) is 2. The minimum atomic E-state index is -2.83. The van der Waals surface area contributed by atoms with Crippen molar-refractivity contribution in [2.75, 3.05) is 13.1 Å². The second kappa shape index (κ2) is 7.33. The molecule has 1 atom stereocenters. The molecule has 3 nitrogen and oxygen atoms in total. The lowest BCUT2D eigenvalue weighted by atomic mass is 10.1. The van der Waals surface area contributed by atoms with Gasteiger partial charge in [-0.05, 0) is 24.1 Å². The molecule has 1 aromatic carbocycles. The predicted molar refractivity (Wildman–Crippen MR) is 76.7 cm³/mol. The molecular formula is C13H15Cl2F3N2O. The number of amides is 1. The fourth-order valence-electron chi connectivity index (χ4n) is 2.07. The summed E-state index contributed by atoms with van der Waals surface area (Å²) in [5, 5.41) is 5.32. The molecular weight excluding hydrogens is 328 g/mol. The van der Waals surface area contributed by atoms with E-state index in [1.165, 1.54) is 18.2 Å². The first-order valence-electron chi connectivity index (χ1n) is 6.20. The van der Waals surface area contributed by atoms with Gasteiger partial charge < -0.3 is 5.32 Å². The molecule has 8 heteroatoms. The molecule has 2 rings (SSSR count). The summed E-state index contributed by atoms with van der Waals surface area (Å²) in [7, 11) is 0. The Morgan fingerprint density at radius 2 is 2.19 bits per heavy atom. The monoisotopic (exact) mass is 342 g/mol. The largest absolute Gasteiger partial charge is 0.354 e. The SMILES string of the molecule is Cl.O=C(NCCc1ccc(F)cc1Cl)C1CC(F)(F)CN1. The lowest BCUT2D eigenvalue weighted by molar-refractivity contribution is -0.123. The van der Waals surface area contributed by atoms with Crippen LogP contribution in [0.3, 0.4) is 0 Å². The van der Waals surface area contributed by atoms with E-state index in [0.717, 1.165) is 0 Å². The fourth-order valence-corrected chi connectivity index (χ4v) is 2.33. The summed E-state index contributed by atoms with van der Waals surface area (Å²) < 4.78 is 38.7. The van der Waals surface area contributed by atoms with E-state index in [9.17, 15) is 18.0 Å². The van der Waals surface area contributed by atoms with Crippen LogP contribution in [0, 0.1) is 5.82 Å². The van der Waals surface area contributed by atoms with Gasteiger partial charge in [-0.1, -0.05) is 17.7 Å². The van der Waals surface area contributed by atoms with Crippen LogP contribution in [0.4, 0.5) is 13.2 Å². The summed E-state index contributed by atoms with van der Waals surface area (Å²) in [6, 6.07) is 3.14. The Morgan fingerprint density at radius 1 is 1.48 bits per heavy atom. The zero-order valence-electron chi connectivity index (χ0n) is 11.0. The molecule has 1 aliphatic heterocycles. The van der Waals surface area contributed by atoms with Crippen LogP contribution in [0.25, 0.3) is 0 Å². The van der Waals surface area contributed by atoms with E-state index >= 15 is 0 Å². The van der Waals surface area contributed by atoms with Crippen LogP contribution < -0.4 is 10.6 Å². The van der Waals surface area contributed by atoms with Gasteiger partial charge in [-0.2, -0.15) is 0 Å². The second-order valence-electron chi connectivity index (χ2n) is 4.77. The fraction of sp³-hybridized carbons (Fsp3) is 0.462. The molecule has 1 saturated heterocycles. The predicted octanol–water partition coefficient (Wildman–Crippen LogP) is 2.56. The number of carbonyl (C=O) groups excluding carboxylic acids is 1. The van der Waals surface area contributed by atoms with Crippen LogP contribution in [-0.2, 0) is 11.2 Å². The summed E-state index contributed by atoms with van der Waals surface area (Å²) in [5.74, 6) is -3.72. The lowest BCUT2D eigenvalue weighted by Gasteiger charge is -2.11. The Kier molecular flexibility index (Phi) is 6.31. The standard InChI is InChI=1S/C13H14ClF3N2O.ClH/c14-10-5-9(15)2-1-8(10)3-4-18-12(20)11-6-13(16,17)7-19-11;/h1-2,5,11,19H,3-4,6-7H2,(H,18,20);1H. The highest BCUT2D eigenvalue weighted by Gasteiger charge is 2.42. The van der Waals surface area contributed by atoms with E-state index < -0.39 is 36.7 Å². The minimum Gasteiger partial charge on any atom is -0.354 e. The number of alkyl halides is 2. The van der Waals surface area contributed by atoms with Crippen molar-refractivity contribution in [3.8, 4) is 0 Å². The normalized spacial score (nSPS) is 19.9. The number of rotatable bonds is 4. The quantitative estimate of drug-likeness (QED) is 0.882. The third-order valence-corrected chi connectivity index (χ3v) is 3.49. The van der Waals surface area contributed by atoms with Crippen LogP contribution in [0.15, 0.2) is 18.2 Å². The van der Waals surface area contributed by atoms with Crippen LogP contribution in [0.1, 0.15) is 12.0 Å².